The Labute approximate surface area is 113 Å². The second-order valence-electron chi connectivity index (χ2n) is 4.37. The minimum Gasteiger partial charge on any atom is -0.472 e. The first-order valence-corrected chi connectivity index (χ1v) is 7.41. The summed E-state index contributed by atoms with van der Waals surface area (Å²) < 4.78 is 17.5. The molecule has 0 aliphatic heterocycles. The molecule has 2 rings (SSSR count). The van der Waals surface area contributed by atoms with Gasteiger partial charge in [0.2, 0.25) is 0 Å². The number of nitrogen functional groups attached to an aromatic ring is 1. The van der Waals surface area contributed by atoms with Gasteiger partial charge >= 0.3 is 0 Å². The normalized spacial score (nSPS) is 13.1. The maximum absolute atomic E-state index is 12.0. The molecule has 0 radical (unpaired) electrons. The number of ether oxygens (including phenoxy) is 1. The van der Waals surface area contributed by atoms with Crippen LogP contribution in [0.25, 0.3) is 11.0 Å². The molecule has 7 nitrogen and oxygen atoms in total. The Morgan fingerprint density at radius 1 is 1.42 bits per heavy atom. The molecule has 0 aromatic carbocycles. The largest absolute Gasteiger partial charge is 0.472 e. The summed E-state index contributed by atoms with van der Waals surface area (Å²) in [6, 6.07) is 0. The van der Waals surface area contributed by atoms with Crippen LogP contribution in [0.3, 0.4) is 0 Å². The van der Waals surface area contributed by atoms with Gasteiger partial charge in [-0.1, -0.05) is 6.92 Å². The highest BCUT2D eigenvalue weighted by molar-refractivity contribution is 7.84. The summed E-state index contributed by atoms with van der Waals surface area (Å²) in [5.74, 6) is 1.06. The predicted octanol–water partition coefficient (Wildman–Crippen LogP) is 1.24. The fourth-order valence-electron chi connectivity index (χ4n) is 1.58. The zero-order chi connectivity index (χ0) is 14.0. The molecular formula is C11H17N5O2S. The smallest absolute Gasteiger partial charge is 0.260 e. The summed E-state index contributed by atoms with van der Waals surface area (Å²) >= 11 is 0. The van der Waals surface area contributed by atoms with E-state index in [1.807, 2.05) is 20.8 Å². The van der Waals surface area contributed by atoms with Crippen molar-refractivity contribution >= 4 is 27.7 Å². The third-order valence-electron chi connectivity index (χ3n) is 2.34. The standard InChI is InChI=1S/C11H17N5O2S/c1-4-5-19(17)11-13-7-8(14-11)10(18-6(2)3)16-15-9(7)12/h6H,4-5H2,1-3H3,(H2,12,15)(H,13,14). The van der Waals surface area contributed by atoms with E-state index in [1.54, 1.807) is 0 Å². The third-order valence-corrected chi connectivity index (χ3v) is 3.74. The van der Waals surface area contributed by atoms with Gasteiger partial charge in [-0.15, -0.1) is 10.2 Å². The first-order chi connectivity index (χ1) is 9.02. The van der Waals surface area contributed by atoms with Crippen molar-refractivity contribution < 1.29 is 8.95 Å². The lowest BCUT2D eigenvalue weighted by Crippen LogP contribution is -2.08. The van der Waals surface area contributed by atoms with E-state index < -0.39 is 10.8 Å². The zero-order valence-electron chi connectivity index (χ0n) is 11.1. The summed E-state index contributed by atoms with van der Waals surface area (Å²) in [7, 11) is -1.18. The van der Waals surface area contributed by atoms with Crippen LogP contribution in [0.2, 0.25) is 0 Å². The molecule has 3 N–H and O–H groups in total. The van der Waals surface area contributed by atoms with Crippen LogP contribution in [-0.2, 0) is 10.8 Å². The van der Waals surface area contributed by atoms with Crippen LogP contribution >= 0.6 is 0 Å². The monoisotopic (exact) mass is 283 g/mol. The number of aromatic nitrogens is 4. The highest BCUT2D eigenvalue weighted by Gasteiger charge is 2.17. The average Bonchev–Trinajstić information content (AvgIpc) is 2.79. The molecule has 0 aliphatic carbocycles. The molecule has 0 saturated carbocycles. The summed E-state index contributed by atoms with van der Waals surface area (Å²) in [5.41, 5.74) is 6.72. The van der Waals surface area contributed by atoms with Crippen molar-refractivity contribution in [3.8, 4) is 5.88 Å². The number of hydrogen-bond acceptors (Lipinski definition) is 6. The van der Waals surface area contributed by atoms with E-state index in [-0.39, 0.29) is 11.9 Å². The predicted molar refractivity (Wildman–Crippen MR) is 73.4 cm³/mol. The zero-order valence-corrected chi connectivity index (χ0v) is 12.0. The molecule has 0 amide bonds. The Hall–Kier alpha value is -1.70. The maximum atomic E-state index is 12.0. The molecule has 0 aliphatic rings. The molecule has 8 heteroatoms. The van der Waals surface area contributed by atoms with E-state index in [4.69, 9.17) is 10.5 Å². The number of aromatic amines is 1. The van der Waals surface area contributed by atoms with E-state index in [0.29, 0.717) is 27.8 Å². The highest BCUT2D eigenvalue weighted by atomic mass is 32.2. The molecule has 0 bridgehead atoms. The molecule has 1 atom stereocenters. The van der Waals surface area contributed by atoms with Gasteiger partial charge in [0.15, 0.2) is 11.0 Å². The van der Waals surface area contributed by atoms with Crippen LogP contribution in [0.1, 0.15) is 27.2 Å². The molecule has 0 spiro atoms. The van der Waals surface area contributed by atoms with Crippen LogP contribution in [-0.4, -0.2) is 36.2 Å². The average molecular weight is 283 g/mol. The van der Waals surface area contributed by atoms with E-state index in [2.05, 4.69) is 20.2 Å². The van der Waals surface area contributed by atoms with Crippen LogP contribution < -0.4 is 10.5 Å². The number of H-pyrrole nitrogens is 1. The van der Waals surface area contributed by atoms with Gasteiger partial charge in [-0.05, 0) is 20.3 Å². The van der Waals surface area contributed by atoms with Gasteiger partial charge in [-0.25, -0.2) is 4.98 Å². The Balaban J connectivity index is 2.50. The number of hydrogen-bond donors (Lipinski definition) is 2. The second kappa shape index (κ2) is 5.52. The molecule has 0 fully saturated rings. The molecule has 2 aromatic rings. The van der Waals surface area contributed by atoms with Gasteiger partial charge in [0, 0.05) is 5.75 Å². The minimum atomic E-state index is -1.18. The number of nitrogens with zero attached hydrogens (tertiary/aromatic N) is 3. The first-order valence-electron chi connectivity index (χ1n) is 6.09. The van der Waals surface area contributed by atoms with Crippen molar-refractivity contribution in [2.45, 2.75) is 38.5 Å². The van der Waals surface area contributed by atoms with Gasteiger partial charge in [0.1, 0.15) is 11.0 Å². The van der Waals surface area contributed by atoms with Crippen LogP contribution in [0.5, 0.6) is 5.88 Å². The van der Waals surface area contributed by atoms with E-state index in [9.17, 15) is 4.21 Å². The molecule has 1 unspecified atom stereocenters. The minimum absolute atomic E-state index is 0.0472. The van der Waals surface area contributed by atoms with Gasteiger partial charge in [-0.2, -0.15) is 0 Å². The number of nitrogens with one attached hydrogen (secondary N) is 1. The Morgan fingerprint density at radius 2 is 2.16 bits per heavy atom. The van der Waals surface area contributed by atoms with Crippen LogP contribution in [0.4, 0.5) is 5.82 Å². The van der Waals surface area contributed by atoms with Gasteiger partial charge in [0.05, 0.1) is 16.9 Å². The third kappa shape index (κ3) is 2.83. The second-order valence-corrected chi connectivity index (χ2v) is 5.86. The number of fused-ring (bicyclic) bond motifs is 1. The quantitative estimate of drug-likeness (QED) is 0.855. The Bertz CT molecular complexity index is 610. The number of rotatable bonds is 5. The lowest BCUT2D eigenvalue weighted by Gasteiger charge is -2.08. The molecular weight excluding hydrogens is 266 g/mol. The van der Waals surface area contributed by atoms with Gasteiger partial charge < -0.3 is 15.5 Å². The topological polar surface area (TPSA) is 107 Å². The maximum Gasteiger partial charge on any atom is 0.260 e. The molecule has 19 heavy (non-hydrogen) atoms. The van der Waals surface area contributed by atoms with Crippen molar-refractivity contribution in [1.82, 2.24) is 20.2 Å². The lowest BCUT2D eigenvalue weighted by atomic mass is 10.4. The number of imidazole rings is 1. The van der Waals surface area contributed by atoms with Crippen molar-refractivity contribution in [2.75, 3.05) is 11.5 Å². The van der Waals surface area contributed by atoms with E-state index in [1.165, 1.54) is 0 Å². The molecule has 2 heterocycles. The summed E-state index contributed by atoms with van der Waals surface area (Å²) in [6.07, 6.45) is 0.763. The van der Waals surface area contributed by atoms with Crippen molar-refractivity contribution in [1.29, 1.82) is 0 Å². The summed E-state index contributed by atoms with van der Waals surface area (Å²) in [4.78, 5) is 7.21. The van der Waals surface area contributed by atoms with Crippen molar-refractivity contribution in [3.05, 3.63) is 0 Å². The summed E-state index contributed by atoms with van der Waals surface area (Å²) in [6.45, 7) is 5.73. The summed E-state index contributed by atoms with van der Waals surface area (Å²) in [5, 5.41) is 8.08. The highest BCUT2D eigenvalue weighted by Crippen LogP contribution is 2.25. The van der Waals surface area contributed by atoms with Crippen molar-refractivity contribution in [2.24, 2.45) is 0 Å². The Morgan fingerprint density at radius 3 is 2.79 bits per heavy atom. The van der Waals surface area contributed by atoms with Crippen LogP contribution in [0, 0.1) is 0 Å². The molecule has 0 saturated heterocycles. The molecule has 104 valence electrons. The van der Waals surface area contributed by atoms with E-state index in [0.717, 1.165) is 6.42 Å². The fraction of sp³-hybridized carbons (Fsp3) is 0.545. The number of anilines is 1. The van der Waals surface area contributed by atoms with Gasteiger partial charge in [0.25, 0.3) is 5.88 Å². The van der Waals surface area contributed by atoms with Crippen LogP contribution in [0.15, 0.2) is 5.16 Å². The van der Waals surface area contributed by atoms with E-state index >= 15 is 0 Å². The fourth-order valence-corrected chi connectivity index (χ4v) is 2.56. The van der Waals surface area contributed by atoms with Crippen molar-refractivity contribution in [3.63, 3.8) is 0 Å². The first kappa shape index (κ1) is 13.7. The lowest BCUT2D eigenvalue weighted by molar-refractivity contribution is 0.233. The SMILES string of the molecule is CCCS(=O)c1nc2c(N)nnc(OC(C)C)c2[nH]1. The Kier molecular flexibility index (Phi) is 3.98. The molecule has 2 aromatic heterocycles. The van der Waals surface area contributed by atoms with Gasteiger partial charge in [-0.3, -0.25) is 4.21 Å². The number of nitrogens with two attached hydrogens (primary N) is 1.